The van der Waals surface area contributed by atoms with Crippen molar-refractivity contribution in [3.8, 4) is 0 Å². The molecular formula is C22H23N3OS2. The van der Waals surface area contributed by atoms with E-state index in [1.807, 2.05) is 53.9 Å². The topological polar surface area (TPSA) is 58.7 Å². The monoisotopic (exact) mass is 409 g/mol. The molecule has 3 aromatic rings. The van der Waals surface area contributed by atoms with E-state index < -0.39 is 0 Å². The van der Waals surface area contributed by atoms with Crippen LogP contribution in [0.5, 0.6) is 0 Å². The largest absolute Gasteiger partial charge is 0.399 e. The fourth-order valence-electron chi connectivity index (χ4n) is 3.26. The van der Waals surface area contributed by atoms with Crippen LogP contribution in [0.1, 0.15) is 38.8 Å². The van der Waals surface area contributed by atoms with Gasteiger partial charge in [-0.1, -0.05) is 42.5 Å². The van der Waals surface area contributed by atoms with Gasteiger partial charge in [0.1, 0.15) is 0 Å². The van der Waals surface area contributed by atoms with Crippen LogP contribution in [-0.2, 0) is 0 Å². The summed E-state index contributed by atoms with van der Waals surface area (Å²) in [5.41, 5.74) is 10.7. The van der Waals surface area contributed by atoms with Gasteiger partial charge in [-0.3, -0.25) is 4.79 Å². The average molecular weight is 410 g/mol. The van der Waals surface area contributed by atoms with Gasteiger partial charge < -0.3 is 5.73 Å². The summed E-state index contributed by atoms with van der Waals surface area (Å²) in [5.74, 6) is -0.0568. The van der Waals surface area contributed by atoms with Crippen LogP contribution in [0.25, 0.3) is 0 Å². The lowest BCUT2D eigenvalue weighted by Crippen LogP contribution is -2.26. The number of carbonyl (C=O) groups excluding carboxylic acids is 1. The summed E-state index contributed by atoms with van der Waals surface area (Å²) >= 11 is 4.97. The molecule has 2 heterocycles. The highest BCUT2D eigenvalue weighted by Gasteiger charge is 2.34. The Bertz CT molecular complexity index is 966. The number of carbonyl (C=O) groups is 1. The van der Waals surface area contributed by atoms with E-state index in [2.05, 4.69) is 31.7 Å². The maximum absolute atomic E-state index is 13.0. The number of hydrazone groups is 1. The lowest BCUT2D eigenvalue weighted by molar-refractivity contribution is 0.0716. The minimum atomic E-state index is -0.0987. The normalized spacial score (nSPS) is 15.6. The van der Waals surface area contributed by atoms with Crippen LogP contribution in [0, 0.1) is 6.92 Å². The lowest BCUT2D eigenvalue weighted by Gasteiger charge is -2.23. The molecule has 1 aliphatic rings. The van der Waals surface area contributed by atoms with E-state index in [1.54, 1.807) is 11.3 Å². The van der Waals surface area contributed by atoms with Gasteiger partial charge in [-0.05, 0) is 53.4 Å². The molecule has 2 N–H and O–H groups in total. The first-order chi connectivity index (χ1) is 13.6. The SMILES string of the molecule is CS.Cc1ccccc1C1CC(c2ccc(N)cc2)=NN1C(=O)c1cccs1. The Kier molecular flexibility index (Phi) is 6.54. The molecule has 28 heavy (non-hydrogen) atoms. The summed E-state index contributed by atoms with van der Waals surface area (Å²) in [6, 6.07) is 19.5. The van der Waals surface area contributed by atoms with E-state index in [0.717, 1.165) is 22.4 Å². The van der Waals surface area contributed by atoms with Crippen LogP contribution >= 0.6 is 24.0 Å². The van der Waals surface area contributed by atoms with Gasteiger partial charge in [0, 0.05) is 12.1 Å². The third-order valence-corrected chi connectivity index (χ3v) is 5.50. The maximum Gasteiger partial charge on any atom is 0.284 e. The number of nitrogen functional groups attached to an aromatic ring is 1. The molecule has 1 atom stereocenters. The van der Waals surface area contributed by atoms with Crippen molar-refractivity contribution in [2.24, 2.45) is 5.10 Å². The Labute approximate surface area is 175 Å². The number of nitrogens with two attached hydrogens (primary N) is 1. The van der Waals surface area contributed by atoms with Crippen molar-refractivity contribution in [1.82, 2.24) is 5.01 Å². The minimum Gasteiger partial charge on any atom is -0.399 e. The highest BCUT2D eigenvalue weighted by Crippen LogP contribution is 2.36. The predicted octanol–water partition coefficient (Wildman–Crippen LogP) is 5.18. The van der Waals surface area contributed by atoms with Crippen LogP contribution < -0.4 is 5.73 Å². The molecule has 4 nitrogen and oxygen atoms in total. The molecule has 144 valence electrons. The number of hydrogen-bond donors (Lipinski definition) is 2. The smallest absolute Gasteiger partial charge is 0.284 e. The molecular weight excluding hydrogens is 386 g/mol. The molecule has 1 aromatic heterocycles. The fourth-order valence-corrected chi connectivity index (χ4v) is 3.92. The van der Waals surface area contributed by atoms with E-state index >= 15 is 0 Å². The highest BCUT2D eigenvalue weighted by atomic mass is 32.1. The summed E-state index contributed by atoms with van der Waals surface area (Å²) in [6.07, 6.45) is 2.38. The number of aryl methyl sites for hydroxylation is 1. The average Bonchev–Trinajstić information content (AvgIpc) is 3.40. The third kappa shape index (κ3) is 4.13. The van der Waals surface area contributed by atoms with Gasteiger partial charge in [0.05, 0.1) is 16.6 Å². The third-order valence-electron chi connectivity index (χ3n) is 4.64. The van der Waals surface area contributed by atoms with Crippen LogP contribution in [0.15, 0.2) is 71.1 Å². The van der Waals surface area contributed by atoms with E-state index in [9.17, 15) is 4.79 Å². The molecule has 1 aliphatic heterocycles. The number of hydrogen-bond acceptors (Lipinski definition) is 5. The van der Waals surface area contributed by atoms with E-state index in [0.29, 0.717) is 17.0 Å². The summed E-state index contributed by atoms with van der Waals surface area (Å²) < 4.78 is 0. The molecule has 0 bridgehead atoms. The molecule has 4 rings (SSSR count). The summed E-state index contributed by atoms with van der Waals surface area (Å²) in [4.78, 5) is 13.7. The van der Waals surface area contributed by atoms with Gasteiger partial charge in [0.25, 0.3) is 5.91 Å². The number of thiol groups is 1. The molecule has 0 saturated carbocycles. The van der Waals surface area contributed by atoms with Crippen LogP contribution in [0.2, 0.25) is 0 Å². The second-order valence-corrected chi connectivity index (χ2v) is 7.32. The first kappa shape index (κ1) is 20.2. The predicted molar refractivity (Wildman–Crippen MR) is 121 cm³/mol. The molecule has 6 heteroatoms. The number of benzene rings is 2. The Morgan fingerprint density at radius 2 is 1.82 bits per heavy atom. The number of anilines is 1. The van der Waals surface area contributed by atoms with Crippen molar-refractivity contribution < 1.29 is 4.79 Å². The number of amides is 1. The second-order valence-electron chi connectivity index (χ2n) is 6.37. The van der Waals surface area contributed by atoms with Crippen LogP contribution in [0.3, 0.4) is 0 Å². The van der Waals surface area contributed by atoms with Gasteiger partial charge in [0.2, 0.25) is 0 Å². The van der Waals surface area contributed by atoms with Crippen molar-refractivity contribution in [2.75, 3.05) is 12.0 Å². The summed E-state index contributed by atoms with van der Waals surface area (Å²) in [5, 5.41) is 8.26. The quantitative estimate of drug-likeness (QED) is 0.463. The highest BCUT2D eigenvalue weighted by molar-refractivity contribution is 7.79. The van der Waals surface area contributed by atoms with Gasteiger partial charge >= 0.3 is 0 Å². The first-order valence-corrected chi connectivity index (χ1v) is 10.7. The molecule has 0 aliphatic carbocycles. The fraction of sp³-hybridized carbons (Fsp3) is 0.182. The maximum atomic E-state index is 13.0. The zero-order valence-electron chi connectivity index (χ0n) is 15.9. The number of rotatable bonds is 3. The zero-order valence-corrected chi connectivity index (χ0v) is 17.6. The van der Waals surface area contributed by atoms with Gasteiger partial charge in [-0.15, -0.1) is 11.3 Å². The second kappa shape index (κ2) is 9.08. The minimum absolute atomic E-state index is 0.0568. The van der Waals surface area contributed by atoms with E-state index in [1.165, 1.54) is 11.3 Å². The van der Waals surface area contributed by atoms with Gasteiger partial charge in [-0.2, -0.15) is 17.7 Å². The first-order valence-electron chi connectivity index (χ1n) is 8.94. The Morgan fingerprint density at radius 3 is 2.46 bits per heavy atom. The van der Waals surface area contributed by atoms with Crippen molar-refractivity contribution in [2.45, 2.75) is 19.4 Å². The molecule has 1 amide bonds. The zero-order chi connectivity index (χ0) is 20.1. The molecule has 0 radical (unpaired) electrons. The standard InChI is InChI=1S/C21H19N3OS.CH4S/c1-14-5-2-3-6-17(14)19-13-18(15-8-10-16(22)11-9-15)23-24(19)21(25)20-7-4-12-26-20;1-2/h2-12,19H,13,22H2,1H3;2H,1H3. The van der Waals surface area contributed by atoms with Crippen LogP contribution in [-0.4, -0.2) is 22.9 Å². The summed E-state index contributed by atoms with van der Waals surface area (Å²) in [7, 11) is 0. The van der Waals surface area contributed by atoms with Gasteiger partial charge in [0.15, 0.2) is 0 Å². The number of nitrogens with zero attached hydrogens (tertiary/aromatic N) is 2. The van der Waals surface area contributed by atoms with E-state index in [-0.39, 0.29) is 11.9 Å². The molecule has 0 spiro atoms. The van der Waals surface area contributed by atoms with Crippen molar-refractivity contribution in [1.29, 1.82) is 0 Å². The summed E-state index contributed by atoms with van der Waals surface area (Å²) in [6.45, 7) is 2.07. The number of thiophene rings is 1. The molecule has 0 saturated heterocycles. The Balaban J connectivity index is 0.00000109. The van der Waals surface area contributed by atoms with E-state index in [4.69, 9.17) is 10.8 Å². The van der Waals surface area contributed by atoms with Crippen molar-refractivity contribution in [3.05, 3.63) is 87.6 Å². The van der Waals surface area contributed by atoms with Crippen molar-refractivity contribution in [3.63, 3.8) is 0 Å². The molecule has 1 unspecified atom stereocenters. The van der Waals surface area contributed by atoms with Crippen LogP contribution in [0.4, 0.5) is 5.69 Å². The van der Waals surface area contributed by atoms with Gasteiger partial charge in [-0.25, -0.2) is 5.01 Å². The molecule has 0 fully saturated rings. The Hall–Kier alpha value is -2.57. The van der Waals surface area contributed by atoms with Crippen molar-refractivity contribution >= 4 is 41.3 Å². The Morgan fingerprint density at radius 1 is 1.11 bits per heavy atom. The lowest BCUT2D eigenvalue weighted by atomic mass is 9.95. The molecule has 2 aromatic carbocycles.